The first-order chi connectivity index (χ1) is 7.27. The van der Waals surface area contributed by atoms with Crippen molar-refractivity contribution in [3.05, 3.63) is 12.2 Å². The van der Waals surface area contributed by atoms with E-state index >= 15 is 0 Å². The van der Waals surface area contributed by atoms with Gasteiger partial charge in [0.25, 0.3) is 0 Å². The molecule has 0 spiro atoms. The minimum absolute atomic E-state index is 0.0227. The van der Waals surface area contributed by atoms with Crippen LogP contribution in [-0.4, -0.2) is 11.8 Å². The maximum absolute atomic E-state index is 11.6. The molecule has 0 heterocycles. The molecule has 0 aromatic heterocycles. The Hall–Kier alpha value is -1.32. The van der Waals surface area contributed by atoms with Gasteiger partial charge in [0.15, 0.2) is 0 Å². The number of amides is 2. The SMILES string of the molecule is O=C(NNC(=O)[C@H]1CC=CCC1)C1CC1. The molecule has 0 aliphatic heterocycles. The Morgan fingerprint density at radius 3 is 2.13 bits per heavy atom. The van der Waals surface area contributed by atoms with Crippen molar-refractivity contribution in [2.75, 3.05) is 0 Å². The first-order valence-corrected chi connectivity index (χ1v) is 5.52. The molecule has 82 valence electrons. The number of hydrazine groups is 1. The molecule has 0 aromatic carbocycles. The molecule has 2 aliphatic rings. The van der Waals surface area contributed by atoms with Crippen molar-refractivity contribution in [3.8, 4) is 0 Å². The number of carbonyl (C=O) groups excluding carboxylic acids is 2. The lowest BCUT2D eigenvalue weighted by Crippen LogP contribution is -2.45. The summed E-state index contributed by atoms with van der Waals surface area (Å²) in [7, 11) is 0. The maximum atomic E-state index is 11.6. The highest BCUT2D eigenvalue weighted by Crippen LogP contribution is 2.28. The molecule has 0 radical (unpaired) electrons. The zero-order valence-electron chi connectivity index (χ0n) is 8.66. The summed E-state index contributed by atoms with van der Waals surface area (Å²) >= 11 is 0. The van der Waals surface area contributed by atoms with Crippen molar-refractivity contribution in [1.82, 2.24) is 10.9 Å². The van der Waals surface area contributed by atoms with E-state index in [4.69, 9.17) is 0 Å². The monoisotopic (exact) mass is 208 g/mol. The molecule has 2 amide bonds. The fourth-order valence-corrected chi connectivity index (χ4v) is 1.70. The molecule has 0 aromatic rings. The van der Waals surface area contributed by atoms with Gasteiger partial charge in [0, 0.05) is 11.8 Å². The zero-order chi connectivity index (χ0) is 10.7. The van der Waals surface area contributed by atoms with Gasteiger partial charge in [-0.25, -0.2) is 0 Å². The topological polar surface area (TPSA) is 58.2 Å². The van der Waals surface area contributed by atoms with E-state index in [1.165, 1.54) is 0 Å². The van der Waals surface area contributed by atoms with E-state index in [0.29, 0.717) is 0 Å². The van der Waals surface area contributed by atoms with Crippen LogP contribution in [0.4, 0.5) is 0 Å². The third-order valence-electron chi connectivity index (χ3n) is 2.90. The Kier molecular flexibility index (Phi) is 3.04. The van der Waals surface area contributed by atoms with Crippen molar-refractivity contribution in [1.29, 1.82) is 0 Å². The van der Waals surface area contributed by atoms with Gasteiger partial charge in [-0.2, -0.15) is 0 Å². The quantitative estimate of drug-likeness (QED) is 0.523. The minimum Gasteiger partial charge on any atom is -0.273 e. The van der Waals surface area contributed by atoms with Crippen LogP contribution < -0.4 is 10.9 Å². The fourth-order valence-electron chi connectivity index (χ4n) is 1.70. The lowest BCUT2D eigenvalue weighted by atomic mass is 9.94. The highest BCUT2D eigenvalue weighted by molar-refractivity contribution is 5.85. The average Bonchev–Trinajstić information content (AvgIpc) is 3.10. The number of hydrogen-bond acceptors (Lipinski definition) is 2. The predicted octanol–water partition coefficient (Wildman–Crippen LogP) is 0.900. The number of hydrogen-bond donors (Lipinski definition) is 2. The summed E-state index contributed by atoms with van der Waals surface area (Å²) < 4.78 is 0. The molecule has 4 nitrogen and oxygen atoms in total. The van der Waals surface area contributed by atoms with Gasteiger partial charge in [0.05, 0.1) is 0 Å². The highest BCUT2D eigenvalue weighted by atomic mass is 16.2. The van der Waals surface area contributed by atoms with Gasteiger partial charge in [-0.15, -0.1) is 0 Å². The standard InChI is InChI=1S/C11H16N2O2/c14-10(8-4-2-1-3-5-8)12-13-11(15)9-6-7-9/h1-2,8-9H,3-7H2,(H,12,14)(H,13,15)/t8-/m0/s1. The summed E-state index contributed by atoms with van der Waals surface area (Å²) in [6, 6.07) is 0. The smallest absolute Gasteiger partial charge is 0.241 e. The fraction of sp³-hybridized carbons (Fsp3) is 0.636. The molecule has 1 saturated carbocycles. The van der Waals surface area contributed by atoms with Crippen LogP contribution in [0.25, 0.3) is 0 Å². The van der Waals surface area contributed by atoms with Crippen molar-refractivity contribution in [3.63, 3.8) is 0 Å². The first kappa shape index (κ1) is 10.2. The van der Waals surface area contributed by atoms with E-state index in [1.807, 2.05) is 6.08 Å². The molecule has 4 heteroatoms. The summed E-state index contributed by atoms with van der Waals surface area (Å²) in [5.74, 6) is 0.0501. The van der Waals surface area contributed by atoms with Crippen molar-refractivity contribution in [2.24, 2.45) is 11.8 Å². The summed E-state index contributed by atoms with van der Waals surface area (Å²) in [5.41, 5.74) is 4.98. The molecule has 1 fully saturated rings. The van der Waals surface area contributed by atoms with Crippen LogP contribution in [0, 0.1) is 11.8 Å². The van der Waals surface area contributed by atoms with Crippen LogP contribution in [0.3, 0.4) is 0 Å². The zero-order valence-corrected chi connectivity index (χ0v) is 8.66. The Morgan fingerprint density at radius 1 is 0.933 bits per heavy atom. The second kappa shape index (κ2) is 4.47. The third kappa shape index (κ3) is 2.81. The maximum Gasteiger partial charge on any atom is 0.241 e. The second-order valence-corrected chi connectivity index (χ2v) is 4.23. The van der Waals surface area contributed by atoms with E-state index in [1.54, 1.807) is 0 Å². The van der Waals surface area contributed by atoms with Crippen LogP contribution in [0.1, 0.15) is 32.1 Å². The van der Waals surface area contributed by atoms with Crippen molar-refractivity contribution < 1.29 is 9.59 Å². The molecule has 0 saturated heterocycles. The van der Waals surface area contributed by atoms with E-state index in [-0.39, 0.29) is 23.7 Å². The number of rotatable bonds is 2. The molecule has 0 unspecified atom stereocenters. The summed E-state index contributed by atoms with van der Waals surface area (Å²) in [4.78, 5) is 22.8. The van der Waals surface area contributed by atoms with Gasteiger partial charge in [-0.05, 0) is 32.1 Å². The molecule has 1 atom stereocenters. The van der Waals surface area contributed by atoms with Crippen LogP contribution in [-0.2, 0) is 9.59 Å². The first-order valence-electron chi connectivity index (χ1n) is 5.52. The molecule has 0 bridgehead atoms. The van der Waals surface area contributed by atoms with Gasteiger partial charge >= 0.3 is 0 Å². The molecule has 2 N–H and O–H groups in total. The average molecular weight is 208 g/mol. The summed E-state index contributed by atoms with van der Waals surface area (Å²) in [6.45, 7) is 0. The van der Waals surface area contributed by atoms with Gasteiger partial charge in [0.2, 0.25) is 11.8 Å². The number of carbonyl (C=O) groups is 2. The van der Waals surface area contributed by atoms with Gasteiger partial charge in [-0.1, -0.05) is 12.2 Å². The van der Waals surface area contributed by atoms with E-state index in [2.05, 4.69) is 16.9 Å². The summed E-state index contributed by atoms with van der Waals surface area (Å²) in [5, 5.41) is 0. The van der Waals surface area contributed by atoms with Gasteiger partial charge in [-0.3, -0.25) is 20.4 Å². The van der Waals surface area contributed by atoms with Gasteiger partial charge < -0.3 is 0 Å². The molecule has 2 rings (SSSR count). The predicted molar refractivity (Wildman–Crippen MR) is 55.5 cm³/mol. The molecule has 2 aliphatic carbocycles. The molecular formula is C11H16N2O2. The minimum atomic E-state index is -0.0617. The van der Waals surface area contributed by atoms with Crippen molar-refractivity contribution in [2.45, 2.75) is 32.1 Å². The lowest BCUT2D eigenvalue weighted by molar-refractivity contribution is -0.131. The van der Waals surface area contributed by atoms with Crippen LogP contribution in [0.2, 0.25) is 0 Å². The Morgan fingerprint density at radius 2 is 1.60 bits per heavy atom. The van der Waals surface area contributed by atoms with Gasteiger partial charge in [0.1, 0.15) is 0 Å². The number of nitrogens with one attached hydrogen (secondary N) is 2. The third-order valence-corrected chi connectivity index (χ3v) is 2.90. The second-order valence-electron chi connectivity index (χ2n) is 4.23. The lowest BCUT2D eigenvalue weighted by Gasteiger charge is -2.17. The Balaban J connectivity index is 1.71. The normalized spacial score (nSPS) is 24.7. The van der Waals surface area contributed by atoms with E-state index in [9.17, 15) is 9.59 Å². The molecule has 15 heavy (non-hydrogen) atoms. The van der Waals surface area contributed by atoms with E-state index < -0.39 is 0 Å². The van der Waals surface area contributed by atoms with Crippen LogP contribution in [0.15, 0.2) is 12.2 Å². The largest absolute Gasteiger partial charge is 0.273 e. The Bertz CT molecular complexity index is 295. The van der Waals surface area contributed by atoms with E-state index in [0.717, 1.165) is 32.1 Å². The Labute approximate surface area is 89.1 Å². The number of allylic oxidation sites excluding steroid dienone is 2. The molecular weight excluding hydrogens is 192 g/mol. The van der Waals surface area contributed by atoms with Crippen molar-refractivity contribution >= 4 is 11.8 Å². The van der Waals surface area contributed by atoms with Crippen LogP contribution >= 0.6 is 0 Å². The van der Waals surface area contributed by atoms with Crippen LogP contribution in [0.5, 0.6) is 0 Å². The highest BCUT2D eigenvalue weighted by Gasteiger charge is 2.30. The summed E-state index contributed by atoms with van der Waals surface area (Å²) in [6.07, 6.45) is 8.63.